The zero-order valence-electron chi connectivity index (χ0n) is 20.4. The summed E-state index contributed by atoms with van der Waals surface area (Å²) in [5.41, 5.74) is 0. The molecule has 0 saturated carbocycles. The van der Waals surface area contributed by atoms with E-state index in [0.717, 1.165) is 12.5 Å². The van der Waals surface area contributed by atoms with E-state index in [1.54, 1.807) is 0 Å². The molecule has 26 heavy (non-hydrogen) atoms. The van der Waals surface area contributed by atoms with Crippen LogP contribution in [0.2, 0.25) is 0 Å². The Morgan fingerprint density at radius 1 is 0.692 bits per heavy atom. The molecule has 0 aromatic rings. The molecular formula is C23H51N2U-. The smallest absolute Gasteiger partial charge is 0.0247 e. The predicted octanol–water partition coefficient (Wildman–Crippen LogP) is 6.70. The van der Waals surface area contributed by atoms with Crippen molar-refractivity contribution in [3.05, 3.63) is 30.7 Å². The summed E-state index contributed by atoms with van der Waals surface area (Å²) >= 11 is 0. The molecule has 2 nitrogen and oxygen atoms in total. The van der Waals surface area contributed by atoms with Crippen molar-refractivity contribution in [2.24, 2.45) is 5.92 Å². The Hall–Kier alpha value is 0.322. The van der Waals surface area contributed by atoms with Crippen molar-refractivity contribution in [3.63, 3.8) is 0 Å². The summed E-state index contributed by atoms with van der Waals surface area (Å²) in [6.45, 7) is 25.0. The monoisotopic (exact) mass is 593 g/mol. The third kappa shape index (κ3) is 22.4. The fourth-order valence-electron chi connectivity index (χ4n) is 1.96. The number of hydrogen-bond donors (Lipinski definition) is 0. The van der Waals surface area contributed by atoms with Crippen molar-refractivity contribution >= 4 is 0 Å². The van der Waals surface area contributed by atoms with E-state index in [4.69, 9.17) is 0 Å². The van der Waals surface area contributed by atoms with E-state index < -0.39 is 0 Å². The fraction of sp³-hybridized carbons (Fsp3) is 0.783. The van der Waals surface area contributed by atoms with E-state index in [1.165, 1.54) is 6.54 Å². The molecule has 0 radical (unpaired) electrons. The van der Waals surface area contributed by atoms with E-state index in [9.17, 15) is 0 Å². The summed E-state index contributed by atoms with van der Waals surface area (Å²) in [6, 6.07) is 1.26. The molecule has 0 fully saturated rings. The van der Waals surface area contributed by atoms with Gasteiger partial charge in [-0.15, -0.1) is 0 Å². The largest absolute Gasteiger partial charge is 0.329 e. The average molecular weight is 594 g/mol. The minimum absolute atomic E-state index is 0. The first-order chi connectivity index (χ1) is 12.0. The van der Waals surface area contributed by atoms with Crippen LogP contribution in [0.1, 0.15) is 76.2 Å². The molecule has 0 N–H and O–H groups in total. The molecule has 2 heterocycles. The van der Waals surface area contributed by atoms with Crippen LogP contribution in [0.4, 0.5) is 0 Å². The van der Waals surface area contributed by atoms with Gasteiger partial charge in [0.15, 0.2) is 0 Å². The minimum Gasteiger partial charge on any atom is -0.329 e. The van der Waals surface area contributed by atoms with E-state index in [2.05, 4.69) is 75.4 Å². The van der Waals surface area contributed by atoms with Gasteiger partial charge < -0.3 is 4.90 Å². The van der Waals surface area contributed by atoms with Crippen molar-refractivity contribution in [2.75, 3.05) is 27.2 Å². The molecule has 0 aromatic carbocycles. The van der Waals surface area contributed by atoms with Gasteiger partial charge in [0.2, 0.25) is 0 Å². The van der Waals surface area contributed by atoms with Crippen molar-refractivity contribution in [1.82, 2.24) is 9.80 Å². The second kappa shape index (κ2) is 30.1. The Kier molecular flexibility index (Phi) is 42.9. The summed E-state index contributed by atoms with van der Waals surface area (Å²) in [7, 11) is 4.30. The van der Waals surface area contributed by atoms with Crippen LogP contribution < -0.4 is 0 Å². The number of likely N-dealkylation sites (N-methyl/N-ethyl adjacent to an activating group) is 2. The van der Waals surface area contributed by atoms with Gasteiger partial charge in [0, 0.05) is 43.7 Å². The molecule has 0 amide bonds. The molecule has 2 rings (SSSR count). The van der Waals surface area contributed by atoms with E-state index >= 15 is 0 Å². The zero-order valence-corrected chi connectivity index (χ0v) is 24.6. The molecule has 0 aromatic heterocycles. The molecule has 0 spiro atoms. The van der Waals surface area contributed by atoms with Gasteiger partial charge in [0.25, 0.3) is 0 Å². The van der Waals surface area contributed by atoms with Crippen LogP contribution in [0.3, 0.4) is 0 Å². The molecule has 0 saturated heterocycles. The Morgan fingerprint density at radius 2 is 1.12 bits per heavy atom. The molecule has 2 aliphatic rings. The molecule has 158 valence electrons. The summed E-state index contributed by atoms with van der Waals surface area (Å²) in [5, 5.41) is 0. The first-order valence-electron chi connectivity index (χ1n) is 10.6. The van der Waals surface area contributed by atoms with E-state index in [-0.39, 0.29) is 31.1 Å². The van der Waals surface area contributed by atoms with Crippen LogP contribution >= 0.6 is 0 Å². The normalized spacial score (nSPS) is 23.0. The van der Waals surface area contributed by atoms with Crippen LogP contribution in [0.25, 0.3) is 0 Å². The topological polar surface area (TPSA) is 6.48 Å². The first kappa shape index (κ1) is 37.1. The molecule has 3 heteroatoms. The van der Waals surface area contributed by atoms with Gasteiger partial charge in [-0.2, -0.15) is 0 Å². The summed E-state index contributed by atoms with van der Waals surface area (Å²) in [5.74, 6) is 0.742. The van der Waals surface area contributed by atoms with Crippen LogP contribution in [0, 0.1) is 43.5 Å². The van der Waals surface area contributed by atoms with Crippen molar-refractivity contribution in [3.8, 4) is 0 Å². The Balaban J connectivity index is -0.0000000798. The maximum atomic E-state index is 2.37. The Morgan fingerprint density at radius 3 is 1.38 bits per heavy atom. The van der Waals surface area contributed by atoms with Gasteiger partial charge in [-0.05, 0) is 33.0 Å². The van der Waals surface area contributed by atoms with Crippen molar-refractivity contribution in [2.45, 2.75) is 88.2 Å². The van der Waals surface area contributed by atoms with Crippen LogP contribution in [-0.4, -0.2) is 49.1 Å². The van der Waals surface area contributed by atoms with Gasteiger partial charge in [0.05, 0.1) is 0 Å². The van der Waals surface area contributed by atoms with Gasteiger partial charge >= 0.3 is 0 Å². The second-order valence-corrected chi connectivity index (χ2v) is 5.34. The predicted molar refractivity (Wildman–Crippen MR) is 121 cm³/mol. The summed E-state index contributed by atoms with van der Waals surface area (Å²) < 4.78 is 0. The zero-order chi connectivity index (χ0) is 20.8. The van der Waals surface area contributed by atoms with Crippen molar-refractivity contribution in [1.29, 1.82) is 0 Å². The SMILES string of the molecule is CC.CC.CC.CC.CC1C=CC(C)N(C)C1.CC1C=C[CH-]CN1C.[U]. The average Bonchev–Trinajstić information content (AvgIpc) is 2.68. The molecular weight excluding hydrogens is 542 g/mol. The summed E-state index contributed by atoms with van der Waals surface area (Å²) in [4.78, 5) is 4.66. The molecule has 0 bridgehead atoms. The maximum Gasteiger partial charge on any atom is 0.0247 e. The first-order valence-corrected chi connectivity index (χ1v) is 10.6. The molecule has 3 atom stereocenters. The van der Waals surface area contributed by atoms with Gasteiger partial charge in [-0.1, -0.05) is 87.9 Å². The van der Waals surface area contributed by atoms with E-state index in [0.29, 0.717) is 12.1 Å². The third-order valence-electron chi connectivity index (χ3n) is 3.60. The molecule has 2 aliphatic heterocycles. The quantitative estimate of drug-likeness (QED) is 0.228. The molecule has 3 unspecified atom stereocenters. The van der Waals surface area contributed by atoms with Gasteiger partial charge in [-0.3, -0.25) is 4.90 Å². The summed E-state index contributed by atoms with van der Waals surface area (Å²) in [6.07, 6.45) is 11.1. The Labute approximate surface area is 192 Å². The Bertz CT molecular complexity index is 277. The van der Waals surface area contributed by atoms with Gasteiger partial charge in [0.1, 0.15) is 0 Å². The van der Waals surface area contributed by atoms with Gasteiger partial charge in [-0.25, -0.2) is 18.6 Å². The van der Waals surface area contributed by atoms with E-state index in [1.807, 2.05) is 55.4 Å². The maximum absolute atomic E-state index is 2.37. The van der Waals surface area contributed by atoms with Crippen LogP contribution in [0.5, 0.6) is 0 Å². The number of hydrogen-bond acceptors (Lipinski definition) is 2. The number of rotatable bonds is 0. The van der Waals surface area contributed by atoms with Crippen LogP contribution in [-0.2, 0) is 0 Å². The standard InChI is InChI=1S/C8H15N.C7H12N.4C2H6.U/c1-7-4-5-8(2)9(3)6-7;1-7-5-3-4-6-8(7)2;4*1-2;/h4-5,7-8H,6H2,1-3H3;3-5,7H,6H2,1-2H3;4*1-2H3;/q;-1;;;;;. The second-order valence-electron chi connectivity index (χ2n) is 5.34. The third-order valence-corrected chi connectivity index (χ3v) is 3.60. The fourth-order valence-corrected chi connectivity index (χ4v) is 1.96. The van der Waals surface area contributed by atoms with Crippen LogP contribution in [0.15, 0.2) is 24.3 Å². The number of nitrogens with zero attached hydrogens (tertiary/aromatic N) is 2. The minimum atomic E-state index is 0. The van der Waals surface area contributed by atoms with Crippen molar-refractivity contribution < 1.29 is 31.1 Å². The molecule has 0 aliphatic carbocycles.